The lowest BCUT2D eigenvalue weighted by Gasteiger charge is -1.86. The monoisotopic (exact) mass is 170 g/mol. The number of unbranched alkanes of at least 4 members (excludes halogenated alkanes) is 1. The summed E-state index contributed by atoms with van der Waals surface area (Å²) >= 11 is 0. The van der Waals surface area contributed by atoms with Gasteiger partial charge < -0.3 is 8.85 Å². The Kier molecular flexibility index (Phi) is 18.9. The van der Waals surface area contributed by atoms with Crippen LogP contribution in [0.1, 0.15) is 12.8 Å². The number of hydrogen-bond acceptors (Lipinski definition) is 2. The average molecular weight is 170 g/mol. The number of terminal acetylenes is 2. The van der Waals surface area contributed by atoms with E-state index < -0.39 is 10.0 Å². The van der Waals surface area contributed by atoms with E-state index in [1.165, 1.54) is 0 Å². The molecule has 0 saturated heterocycles. The summed E-state index contributed by atoms with van der Waals surface area (Å²) in [4.78, 5) is 0. The summed E-state index contributed by atoms with van der Waals surface area (Å²) in [6, 6.07) is 0. The third-order valence-corrected chi connectivity index (χ3v) is 1.12. The molecule has 0 aromatic rings. The number of rotatable bonds is 3. The van der Waals surface area contributed by atoms with E-state index in [0.29, 0.717) is 12.8 Å². The van der Waals surface area contributed by atoms with E-state index in [4.69, 9.17) is 12.8 Å². The molecule has 0 aliphatic heterocycles. The predicted molar refractivity (Wildman–Crippen MR) is 49.5 cm³/mol. The highest BCUT2D eigenvalue weighted by Crippen LogP contribution is 1.78. The van der Waals surface area contributed by atoms with Crippen molar-refractivity contribution in [3.63, 3.8) is 0 Å². The third-order valence-electron chi connectivity index (χ3n) is 0.649. The summed E-state index contributed by atoms with van der Waals surface area (Å²) in [5.41, 5.74) is 0. The number of hydrogen-bond donors (Lipinski definition) is 0. The van der Waals surface area contributed by atoms with Gasteiger partial charge in [-0.05, 0) is 0 Å². The van der Waals surface area contributed by atoms with Crippen molar-refractivity contribution in [3.8, 4) is 24.7 Å². The molecule has 0 aliphatic carbocycles. The van der Waals surface area contributed by atoms with Gasteiger partial charge >= 0.3 is 10.0 Å². The maximum atomic E-state index is 4.87. The van der Waals surface area contributed by atoms with E-state index in [1.807, 2.05) is 0 Å². The normalized spacial score (nSPS) is 6.91. The molecule has 0 aromatic heterocycles. The molecule has 0 fully saturated rings. The minimum absolute atomic E-state index is 0.568. The molecule has 0 saturated carbocycles. The Morgan fingerprint density at radius 2 is 1.45 bits per heavy atom. The summed E-state index contributed by atoms with van der Waals surface area (Å²) in [7, 11) is 2.73. The van der Waals surface area contributed by atoms with Crippen LogP contribution in [0, 0.1) is 24.7 Å². The van der Waals surface area contributed by atoms with Crippen LogP contribution in [0.3, 0.4) is 0 Å². The van der Waals surface area contributed by atoms with Crippen LogP contribution in [0.2, 0.25) is 0 Å². The average Bonchev–Trinajstić information content (AvgIpc) is 2.04. The van der Waals surface area contributed by atoms with Crippen LogP contribution in [0.15, 0.2) is 0 Å². The standard InChI is InChI=1S/C6H6.C2H8O2Si/c1-3-5-6-4-2;1-3-5-4-2/h1-2H,5-6H2;5H2,1-2H3. The first kappa shape index (κ1) is 12.9. The van der Waals surface area contributed by atoms with E-state index in [2.05, 4.69) is 20.7 Å². The molecular formula is C8H14O2Si. The Morgan fingerprint density at radius 1 is 1.09 bits per heavy atom. The zero-order chi connectivity index (χ0) is 8.95. The van der Waals surface area contributed by atoms with E-state index >= 15 is 0 Å². The fraction of sp³-hybridized carbons (Fsp3) is 0.500. The van der Waals surface area contributed by atoms with Crippen molar-refractivity contribution in [1.82, 2.24) is 0 Å². The SMILES string of the molecule is C#CCCC#C.CO[SiH2]OC. The molecule has 0 heterocycles. The minimum Gasteiger partial charge on any atom is -0.402 e. The van der Waals surface area contributed by atoms with Gasteiger partial charge in [0.1, 0.15) is 0 Å². The fourth-order valence-electron chi connectivity index (χ4n) is 0.262. The summed E-state index contributed by atoms with van der Waals surface area (Å²) < 4.78 is 9.22. The lowest BCUT2D eigenvalue weighted by molar-refractivity contribution is 0.309. The zero-order valence-corrected chi connectivity index (χ0v) is 8.51. The van der Waals surface area contributed by atoms with Crippen molar-refractivity contribution < 1.29 is 8.85 Å². The van der Waals surface area contributed by atoms with Gasteiger partial charge in [0.25, 0.3) is 0 Å². The van der Waals surface area contributed by atoms with Gasteiger partial charge in [-0.2, -0.15) is 0 Å². The molecule has 0 aliphatic rings. The minimum atomic E-state index is -0.568. The topological polar surface area (TPSA) is 18.5 Å². The van der Waals surface area contributed by atoms with Gasteiger partial charge in [-0.25, -0.2) is 0 Å². The van der Waals surface area contributed by atoms with Gasteiger partial charge in [-0.3, -0.25) is 0 Å². The van der Waals surface area contributed by atoms with Gasteiger partial charge in [-0.15, -0.1) is 24.7 Å². The fourth-order valence-corrected chi connectivity index (χ4v) is 0.498. The van der Waals surface area contributed by atoms with Crippen molar-refractivity contribution in [1.29, 1.82) is 0 Å². The Balaban J connectivity index is 0. The highest BCUT2D eigenvalue weighted by Gasteiger charge is 1.67. The van der Waals surface area contributed by atoms with E-state index in [0.717, 1.165) is 0 Å². The van der Waals surface area contributed by atoms with Gasteiger partial charge in [0.05, 0.1) is 0 Å². The molecule has 0 amide bonds. The predicted octanol–water partition coefficient (Wildman–Crippen LogP) is 0.311. The molecule has 0 spiro atoms. The summed E-state index contributed by atoms with van der Waals surface area (Å²) in [6.07, 6.45) is 11.1. The highest BCUT2D eigenvalue weighted by atomic mass is 28.3. The van der Waals surface area contributed by atoms with Gasteiger partial charge in [0.15, 0.2) is 0 Å². The Labute approximate surface area is 71.3 Å². The van der Waals surface area contributed by atoms with E-state index in [1.54, 1.807) is 14.2 Å². The molecule has 0 aromatic carbocycles. The maximum Gasteiger partial charge on any atom is 0.303 e. The molecule has 0 atom stereocenters. The van der Waals surface area contributed by atoms with Gasteiger partial charge in [0.2, 0.25) is 0 Å². The molecule has 11 heavy (non-hydrogen) atoms. The van der Waals surface area contributed by atoms with Crippen LogP contribution in [0.25, 0.3) is 0 Å². The van der Waals surface area contributed by atoms with Crippen LogP contribution in [0.5, 0.6) is 0 Å². The van der Waals surface area contributed by atoms with Crippen LogP contribution >= 0.6 is 0 Å². The van der Waals surface area contributed by atoms with Crippen molar-refractivity contribution >= 4 is 10.0 Å². The zero-order valence-electron chi connectivity index (χ0n) is 7.09. The summed E-state index contributed by atoms with van der Waals surface area (Å²) in [6.45, 7) is 0. The molecule has 0 unspecified atom stereocenters. The molecule has 2 nitrogen and oxygen atoms in total. The second-order valence-corrected chi connectivity index (χ2v) is 2.99. The smallest absolute Gasteiger partial charge is 0.303 e. The summed E-state index contributed by atoms with van der Waals surface area (Å²) in [5, 5.41) is 0. The lowest BCUT2D eigenvalue weighted by Crippen LogP contribution is -1.93. The lowest BCUT2D eigenvalue weighted by atomic mass is 10.3. The Morgan fingerprint density at radius 3 is 1.55 bits per heavy atom. The molecule has 0 bridgehead atoms. The Hall–Kier alpha value is -0.743. The van der Waals surface area contributed by atoms with Crippen molar-refractivity contribution in [2.24, 2.45) is 0 Å². The molecular weight excluding hydrogens is 156 g/mol. The molecule has 62 valence electrons. The van der Waals surface area contributed by atoms with Gasteiger partial charge in [-0.1, -0.05) is 0 Å². The van der Waals surface area contributed by atoms with E-state index in [9.17, 15) is 0 Å². The molecule has 0 N–H and O–H groups in total. The first-order valence-corrected chi connectivity index (χ1v) is 4.33. The van der Waals surface area contributed by atoms with Crippen molar-refractivity contribution in [2.45, 2.75) is 12.8 Å². The third kappa shape index (κ3) is 26.9. The highest BCUT2D eigenvalue weighted by molar-refractivity contribution is 6.17. The van der Waals surface area contributed by atoms with Gasteiger partial charge in [0, 0.05) is 27.1 Å². The van der Waals surface area contributed by atoms with Crippen LogP contribution in [-0.2, 0) is 8.85 Å². The van der Waals surface area contributed by atoms with Crippen LogP contribution in [0.4, 0.5) is 0 Å². The first-order valence-electron chi connectivity index (χ1n) is 3.18. The maximum absolute atomic E-state index is 4.87. The van der Waals surface area contributed by atoms with Crippen LogP contribution in [-0.4, -0.2) is 24.2 Å². The quantitative estimate of drug-likeness (QED) is 0.345. The second kappa shape index (κ2) is 16.1. The first-order chi connectivity index (χ1) is 5.33. The summed E-state index contributed by atoms with van der Waals surface area (Å²) in [5.74, 6) is 4.85. The van der Waals surface area contributed by atoms with Crippen molar-refractivity contribution in [2.75, 3.05) is 14.2 Å². The molecule has 0 radical (unpaired) electrons. The van der Waals surface area contributed by atoms with E-state index in [-0.39, 0.29) is 0 Å². The molecule has 3 heteroatoms. The largest absolute Gasteiger partial charge is 0.402 e. The second-order valence-electron chi connectivity index (χ2n) is 1.60. The Bertz CT molecular complexity index is 116. The van der Waals surface area contributed by atoms with Crippen molar-refractivity contribution in [3.05, 3.63) is 0 Å². The van der Waals surface area contributed by atoms with Crippen LogP contribution < -0.4 is 0 Å². The molecule has 0 rings (SSSR count).